The van der Waals surface area contributed by atoms with Crippen molar-refractivity contribution in [2.45, 2.75) is 19.9 Å². The van der Waals surface area contributed by atoms with E-state index in [0.717, 1.165) is 39.8 Å². The Labute approximate surface area is 211 Å². The van der Waals surface area contributed by atoms with Gasteiger partial charge in [-0.2, -0.15) is 5.26 Å². The minimum absolute atomic E-state index is 0.166. The molecule has 0 saturated heterocycles. The van der Waals surface area contributed by atoms with Crippen molar-refractivity contribution in [1.29, 1.82) is 5.26 Å². The fourth-order valence-electron chi connectivity index (χ4n) is 3.95. The molecule has 0 fully saturated rings. The maximum absolute atomic E-state index is 13.3. The van der Waals surface area contributed by atoms with E-state index in [1.54, 1.807) is 18.3 Å². The minimum Gasteiger partial charge on any atom is -0.492 e. The number of aromatic nitrogens is 2. The number of pyridine rings is 2. The number of amides is 1. The van der Waals surface area contributed by atoms with Crippen LogP contribution in [0.1, 0.15) is 40.1 Å². The van der Waals surface area contributed by atoms with Crippen LogP contribution in [-0.2, 0) is 0 Å². The molecular formula is C29H29N5O2. The van der Waals surface area contributed by atoms with Gasteiger partial charge in [-0.1, -0.05) is 24.3 Å². The monoisotopic (exact) mass is 479 g/mol. The van der Waals surface area contributed by atoms with Crippen molar-refractivity contribution in [2.24, 2.45) is 0 Å². The summed E-state index contributed by atoms with van der Waals surface area (Å²) in [7, 11) is 3.98. The molecule has 0 saturated carbocycles. The highest BCUT2D eigenvalue weighted by atomic mass is 16.5. The van der Waals surface area contributed by atoms with Gasteiger partial charge in [-0.25, -0.2) is 9.97 Å². The van der Waals surface area contributed by atoms with Gasteiger partial charge in [0.2, 0.25) is 0 Å². The molecule has 36 heavy (non-hydrogen) atoms. The van der Waals surface area contributed by atoms with E-state index in [1.165, 1.54) is 0 Å². The summed E-state index contributed by atoms with van der Waals surface area (Å²) in [6, 6.07) is 20.7. The highest BCUT2D eigenvalue weighted by molar-refractivity contribution is 5.96. The Hall–Kier alpha value is -4.28. The maximum Gasteiger partial charge on any atom is 0.252 e. The smallest absolute Gasteiger partial charge is 0.252 e. The van der Waals surface area contributed by atoms with Crippen LogP contribution in [0.5, 0.6) is 5.75 Å². The number of nitriles is 1. The normalized spacial score (nSPS) is 11.8. The first kappa shape index (κ1) is 24.8. The molecule has 0 aliphatic heterocycles. The molecule has 4 rings (SSSR count). The third kappa shape index (κ3) is 5.68. The lowest BCUT2D eigenvalue weighted by Gasteiger charge is -2.19. The number of benzene rings is 2. The number of carbonyl (C=O) groups is 1. The summed E-state index contributed by atoms with van der Waals surface area (Å²) in [5.74, 6) is 0.505. The van der Waals surface area contributed by atoms with Crippen molar-refractivity contribution in [3.8, 4) is 23.1 Å². The van der Waals surface area contributed by atoms with E-state index in [1.807, 2.05) is 87.4 Å². The van der Waals surface area contributed by atoms with Crippen molar-refractivity contribution in [1.82, 2.24) is 20.2 Å². The van der Waals surface area contributed by atoms with Crippen LogP contribution in [0.4, 0.5) is 0 Å². The van der Waals surface area contributed by atoms with Crippen LogP contribution in [-0.4, -0.2) is 48.0 Å². The molecule has 182 valence electrons. The Morgan fingerprint density at radius 2 is 1.94 bits per heavy atom. The van der Waals surface area contributed by atoms with Gasteiger partial charge in [0.05, 0.1) is 17.3 Å². The molecule has 7 nitrogen and oxygen atoms in total. The molecule has 1 amide bonds. The van der Waals surface area contributed by atoms with Gasteiger partial charge >= 0.3 is 0 Å². The first-order chi connectivity index (χ1) is 17.4. The van der Waals surface area contributed by atoms with Crippen molar-refractivity contribution in [2.75, 3.05) is 27.2 Å². The molecule has 0 unspecified atom stereocenters. The van der Waals surface area contributed by atoms with Crippen LogP contribution in [0.2, 0.25) is 0 Å². The van der Waals surface area contributed by atoms with Crippen LogP contribution in [0.25, 0.3) is 22.2 Å². The molecule has 2 heterocycles. The molecule has 0 radical (unpaired) electrons. The second-order valence-electron chi connectivity index (χ2n) is 8.98. The number of ether oxygens (including phenoxy) is 1. The highest BCUT2D eigenvalue weighted by Crippen LogP contribution is 2.29. The lowest BCUT2D eigenvalue weighted by atomic mass is 9.99. The molecule has 1 N–H and O–H groups in total. The number of para-hydroxylation sites is 1. The average molecular weight is 480 g/mol. The topological polar surface area (TPSA) is 91.1 Å². The third-order valence-electron chi connectivity index (χ3n) is 6.00. The van der Waals surface area contributed by atoms with Gasteiger partial charge in [0, 0.05) is 29.3 Å². The van der Waals surface area contributed by atoms with E-state index in [4.69, 9.17) is 15.0 Å². The number of fused-ring (bicyclic) bond motifs is 1. The number of carbonyl (C=O) groups excluding carboxylic acids is 1. The summed E-state index contributed by atoms with van der Waals surface area (Å²) in [4.78, 5) is 24.3. The van der Waals surface area contributed by atoms with Gasteiger partial charge in [-0.3, -0.25) is 4.79 Å². The molecule has 4 aromatic rings. The van der Waals surface area contributed by atoms with Crippen LogP contribution >= 0.6 is 0 Å². The second kappa shape index (κ2) is 11.0. The summed E-state index contributed by atoms with van der Waals surface area (Å²) < 4.78 is 5.84. The van der Waals surface area contributed by atoms with Crippen molar-refractivity contribution >= 4 is 16.8 Å². The maximum atomic E-state index is 13.3. The Kier molecular flexibility index (Phi) is 7.57. The van der Waals surface area contributed by atoms with Crippen LogP contribution in [0.3, 0.4) is 0 Å². The first-order valence-corrected chi connectivity index (χ1v) is 11.8. The minimum atomic E-state index is -0.284. The number of likely N-dealkylation sites (N-methyl/N-ethyl adjacent to an activating group) is 1. The summed E-state index contributed by atoms with van der Waals surface area (Å²) in [5, 5.41) is 13.2. The molecule has 7 heteroatoms. The lowest BCUT2D eigenvalue weighted by molar-refractivity contribution is 0.0939. The van der Waals surface area contributed by atoms with E-state index < -0.39 is 0 Å². The predicted octanol–water partition coefficient (Wildman–Crippen LogP) is 4.91. The number of hydrogen-bond donors (Lipinski definition) is 1. The predicted molar refractivity (Wildman–Crippen MR) is 141 cm³/mol. The summed E-state index contributed by atoms with van der Waals surface area (Å²) in [6.45, 7) is 5.22. The van der Waals surface area contributed by atoms with Crippen LogP contribution in [0.15, 0.2) is 66.9 Å². The third-order valence-corrected chi connectivity index (χ3v) is 6.00. The first-order valence-electron chi connectivity index (χ1n) is 11.8. The molecule has 0 aliphatic carbocycles. The van der Waals surface area contributed by atoms with Gasteiger partial charge in [0.1, 0.15) is 24.1 Å². The quantitative estimate of drug-likeness (QED) is 0.386. The fraction of sp³-hybridized carbons (Fsp3) is 0.241. The highest BCUT2D eigenvalue weighted by Gasteiger charge is 2.18. The number of hydrogen-bond acceptors (Lipinski definition) is 6. The molecule has 0 bridgehead atoms. The standard InChI is InChI=1S/C29H29N5O2/c1-19-9-12-23(36-14-13-34(3)4)15-25(19)29(35)32-20(2)26-16-28(21-10-11-22(17-30)31-18-21)33-27-8-6-5-7-24(26)27/h5-12,15-16,18,20H,13-14H2,1-4H3,(H,32,35)/t20-/m1/s1. The zero-order valence-electron chi connectivity index (χ0n) is 20.9. The summed E-state index contributed by atoms with van der Waals surface area (Å²) in [5.41, 5.74) is 5.12. The Morgan fingerprint density at radius 3 is 2.67 bits per heavy atom. The number of nitrogens with one attached hydrogen (secondary N) is 1. The van der Waals surface area contributed by atoms with Crippen LogP contribution in [0, 0.1) is 18.3 Å². The molecule has 0 aliphatic rings. The van der Waals surface area contributed by atoms with E-state index in [2.05, 4.69) is 10.3 Å². The molecule has 2 aromatic carbocycles. The van der Waals surface area contributed by atoms with E-state index in [-0.39, 0.29) is 11.9 Å². The number of nitrogens with zero attached hydrogens (tertiary/aromatic N) is 4. The van der Waals surface area contributed by atoms with Gasteiger partial charge in [0.15, 0.2) is 0 Å². The van der Waals surface area contributed by atoms with Gasteiger partial charge in [0.25, 0.3) is 5.91 Å². The molecule has 1 atom stereocenters. The fourth-order valence-corrected chi connectivity index (χ4v) is 3.95. The van der Waals surface area contributed by atoms with Gasteiger partial charge in [-0.05, 0) is 75.5 Å². The zero-order chi connectivity index (χ0) is 25.7. The summed E-state index contributed by atoms with van der Waals surface area (Å²) >= 11 is 0. The number of aryl methyl sites for hydroxylation is 1. The molecular weight excluding hydrogens is 450 g/mol. The second-order valence-corrected chi connectivity index (χ2v) is 8.98. The Balaban J connectivity index is 1.62. The molecule has 0 spiro atoms. The van der Waals surface area contributed by atoms with Crippen molar-refractivity contribution in [3.63, 3.8) is 0 Å². The zero-order valence-corrected chi connectivity index (χ0v) is 20.9. The largest absolute Gasteiger partial charge is 0.492 e. The van der Waals surface area contributed by atoms with E-state index >= 15 is 0 Å². The van der Waals surface area contributed by atoms with Gasteiger partial charge < -0.3 is 15.0 Å². The SMILES string of the molecule is Cc1ccc(OCCN(C)C)cc1C(=O)N[C@H](C)c1cc(-c2ccc(C#N)nc2)nc2ccccc12. The molecule has 2 aromatic heterocycles. The van der Waals surface area contributed by atoms with Crippen molar-refractivity contribution in [3.05, 3.63) is 89.2 Å². The number of rotatable bonds is 8. The van der Waals surface area contributed by atoms with Gasteiger partial charge in [-0.15, -0.1) is 0 Å². The Morgan fingerprint density at radius 1 is 1.14 bits per heavy atom. The lowest BCUT2D eigenvalue weighted by Crippen LogP contribution is -2.27. The Bertz CT molecular complexity index is 1420. The van der Waals surface area contributed by atoms with E-state index in [0.29, 0.717) is 23.6 Å². The van der Waals surface area contributed by atoms with E-state index in [9.17, 15) is 4.79 Å². The van der Waals surface area contributed by atoms with Crippen LogP contribution < -0.4 is 10.1 Å². The van der Waals surface area contributed by atoms with Crippen molar-refractivity contribution < 1.29 is 9.53 Å². The average Bonchev–Trinajstić information content (AvgIpc) is 2.88. The summed E-state index contributed by atoms with van der Waals surface area (Å²) in [6.07, 6.45) is 1.65.